The van der Waals surface area contributed by atoms with E-state index in [2.05, 4.69) is 13.1 Å². The molecule has 1 rings (SSSR count). The van der Waals surface area contributed by atoms with E-state index in [1.54, 1.807) is 0 Å². The molecule has 0 aliphatic rings. The maximum Gasteiger partial charge on any atom is 0.197 e. The maximum absolute atomic E-state index is 13.4. The molecule has 20 heavy (non-hydrogen) atoms. The van der Waals surface area contributed by atoms with E-state index in [1.165, 1.54) is 0 Å². The minimum absolute atomic E-state index is 0.114. The van der Waals surface area contributed by atoms with Crippen LogP contribution in [0.1, 0.15) is 25.3 Å². The molecule has 114 valence electrons. The number of benzene rings is 1. The maximum atomic E-state index is 13.4. The van der Waals surface area contributed by atoms with E-state index in [0.717, 1.165) is 18.5 Å². The first-order chi connectivity index (χ1) is 9.28. The lowest BCUT2D eigenvalue weighted by molar-refractivity contribution is 0.327. The van der Waals surface area contributed by atoms with E-state index in [4.69, 9.17) is 4.43 Å². The van der Waals surface area contributed by atoms with E-state index in [9.17, 15) is 17.6 Å². The number of halogens is 4. The molecule has 0 saturated carbocycles. The van der Waals surface area contributed by atoms with Gasteiger partial charge in [-0.15, -0.1) is 0 Å². The zero-order valence-corrected chi connectivity index (χ0v) is 13.0. The van der Waals surface area contributed by atoms with Crippen LogP contribution in [0.3, 0.4) is 0 Å². The lowest BCUT2D eigenvalue weighted by atomic mass is 10.1. The molecular formula is C14H20F4OSi. The fourth-order valence-corrected chi connectivity index (χ4v) is 4.16. The Balaban J connectivity index is 2.55. The highest BCUT2D eigenvalue weighted by Gasteiger charge is 2.22. The Kier molecular flexibility index (Phi) is 6.20. The lowest BCUT2D eigenvalue weighted by Gasteiger charge is -2.21. The van der Waals surface area contributed by atoms with Gasteiger partial charge in [0, 0.05) is 6.61 Å². The van der Waals surface area contributed by atoms with Gasteiger partial charge < -0.3 is 4.43 Å². The second kappa shape index (κ2) is 7.22. The first kappa shape index (κ1) is 17.2. The normalized spacial score (nSPS) is 11.9. The minimum atomic E-state index is -1.75. The van der Waals surface area contributed by atoms with Crippen molar-refractivity contribution in [2.75, 3.05) is 6.61 Å². The Labute approximate surface area is 118 Å². The van der Waals surface area contributed by atoms with Crippen molar-refractivity contribution in [1.29, 1.82) is 0 Å². The van der Waals surface area contributed by atoms with Crippen LogP contribution in [0.4, 0.5) is 17.6 Å². The zero-order valence-electron chi connectivity index (χ0n) is 12.0. The molecule has 0 saturated heterocycles. The highest BCUT2D eigenvalue weighted by atomic mass is 28.4. The molecular weight excluding hydrogens is 288 g/mol. The van der Waals surface area contributed by atoms with E-state index in [1.807, 2.05) is 6.92 Å². The minimum Gasteiger partial charge on any atom is -0.418 e. The Morgan fingerprint density at radius 3 is 2.25 bits per heavy atom. The molecule has 0 aliphatic heterocycles. The predicted molar refractivity (Wildman–Crippen MR) is 73.1 cm³/mol. The number of unbranched alkanes of at least 4 members (excludes halogenated alkanes) is 1. The fraction of sp³-hybridized carbons (Fsp3) is 0.571. The summed E-state index contributed by atoms with van der Waals surface area (Å²) in [6.45, 7) is 6.79. The SMILES string of the molecule is CCO[Si](C)(C)CCCCc1cc(F)c(F)c(F)c1F. The summed E-state index contributed by atoms with van der Waals surface area (Å²) in [5, 5.41) is 0. The van der Waals surface area contributed by atoms with E-state index in [-0.39, 0.29) is 12.0 Å². The van der Waals surface area contributed by atoms with Gasteiger partial charge in [-0.05, 0) is 50.5 Å². The molecule has 0 fully saturated rings. The first-order valence-electron chi connectivity index (χ1n) is 6.74. The van der Waals surface area contributed by atoms with Crippen LogP contribution >= 0.6 is 0 Å². The smallest absolute Gasteiger partial charge is 0.197 e. The van der Waals surface area contributed by atoms with Crippen LogP contribution in [0.2, 0.25) is 19.1 Å². The van der Waals surface area contributed by atoms with Crippen LogP contribution in [0, 0.1) is 23.3 Å². The van der Waals surface area contributed by atoms with Crippen molar-refractivity contribution in [2.24, 2.45) is 0 Å². The molecule has 1 nitrogen and oxygen atoms in total. The van der Waals surface area contributed by atoms with Crippen molar-refractivity contribution in [3.8, 4) is 0 Å². The number of aryl methyl sites for hydroxylation is 1. The molecule has 6 heteroatoms. The van der Waals surface area contributed by atoms with Crippen LogP contribution in [0.15, 0.2) is 6.07 Å². The third-order valence-electron chi connectivity index (χ3n) is 3.19. The summed E-state index contributed by atoms with van der Waals surface area (Å²) in [7, 11) is -1.69. The summed E-state index contributed by atoms with van der Waals surface area (Å²) in [5.41, 5.74) is -0.114. The van der Waals surface area contributed by atoms with Gasteiger partial charge in [0.1, 0.15) is 0 Å². The van der Waals surface area contributed by atoms with Crippen molar-refractivity contribution >= 4 is 8.32 Å². The number of hydrogen-bond acceptors (Lipinski definition) is 1. The second-order valence-electron chi connectivity index (χ2n) is 5.36. The molecule has 0 heterocycles. The molecule has 0 unspecified atom stereocenters. The van der Waals surface area contributed by atoms with Crippen LogP contribution < -0.4 is 0 Å². The van der Waals surface area contributed by atoms with Gasteiger partial charge in [-0.2, -0.15) is 0 Å². The van der Waals surface area contributed by atoms with Crippen molar-refractivity contribution < 1.29 is 22.0 Å². The highest BCUT2D eigenvalue weighted by molar-refractivity contribution is 6.71. The van der Waals surface area contributed by atoms with Crippen molar-refractivity contribution in [2.45, 2.75) is 45.3 Å². The molecule has 0 bridgehead atoms. The quantitative estimate of drug-likeness (QED) is 0.231. The summed E-state index contributed by atoms with van der Waals surface area (Å²) >= 11 is 0. The summed E-state index contributed by atoms with van der Waals surface area (Å²) in [6.07, 6.45) is 1.57. The molecule has 0 spiro atoms. The number of hydrogen-bond donors (Lipinski definition) is 0. The van der Waals surface area contributed by atoms with Crippen LogP contribution in [0.5, 0.6) is 0 Å². The van der Waals surface area contributed by atoms with Crippen molar-refractivity contribution in [1.82, 2.24) is 0 Å². The van der Waals surface area contributed by atoms with Gasteiger partial charge in [0.2, 0.25) is 0 Å². The van der Waals surface area contributed by atoms with Crippen LogP contribution in [0.25, 0.3) is 0 Å². The Morgan fingerprint density at radius 1 is 1.00 bits per heavy atom. The molecule has 0 amide bonds. The van der Waals surface area contributed by atoms with E-state index >= 15 is 0 Å². The molecule has 0 N–H and O–H groups in total. The molecule has 0 radical (unpaired) electrons. The van der Waals surface area contributed by atoms with Gasteiger partial charge in [0.15, 0.2) is 31.6 Å². The predicted octanol–water partition coefficient (Wildman–Crippen LogP) is 4.81. The van der Waals surface area contributed by atoms with Crippen LogP contribution in [-0.2, 0) is 10.8 Å². The summed E-state index contributed by atoms with van der Waals surface area (Å²) < 4.78 is 58.0. The van der Waals surface area contributed by atoms with Gasteiger partial charge in [0.25, 0.3) is 0 Å². The standard InChI is InChI=1S/C14H20F4OSi/c1-4-19-20(2,3)8-6-5-7-10-9-11(15)13(17)14(18)12(10)16/h9H,4-8H2,1-3H3. The third-order valence-corrected chi connectivity index (χ3v) is 5.82. The molecule has 0 atom stereocenters. The molecule has 1 aromatic rings. The fourth-order valence-electron chi connectivity index (χ4n) is 2.13. The van der Waals surface area contributed by atoms with Gasteiger partial charge in [-0.1, -0.05) is 6.42 Å². The van der Waals surface area contributed by atoms with E-state index in [0.29, 0.717) is 13.0 Å². The average molecular weight is 308 g/mol. The lowest BCUT2D eigenvalue weighted by Crippen LogP contribution is -2.29. The van der Waals surface area contributed by atoms with Gasteiger partial charge in [-0.3, -0.25) is 0 Å². The van der Waals surface area contributed by atoms with Crippen molar-refractivity contribution in [3.05, 3.63) is 34.9 Å². The molecule has 1 aromatic carbocycles. The van der Waals surface area contributed by atoms with Gasteiger partial charge in [-0.25, -0.2) is 17.6 Å². The molecule has 0 aliphatic carbocycles. The summed E-state index contributed by atoms with van der Waals surface area (Å²) in [5.74, 6) is -6.12. The summed E-state index contributed by atoms with van der Waals surface area (Å²) in [4.78, 5) is 0. The molecule has 0 aromatic heterocycles. The first-order valence-corrected chi connectivity index (χ1v) is 9.86. The zero-order chi connectivity index (χ0) is 15.3. The Morgan fingerprint density at radius 2 is 1.65 bits per heavy atom. The van der Waals surface area contributed by atoms with Gasteiger partial charge >= 0.3 is 0 Å². The van der Waals surface area contributed by atoms with Gasteiger partial charge in [0.05, 0.1) is 0 Å². The van der Waals surface area contributed by atoms with Crippen LogP contribution in [-0.4, -0.2) is 14.9 Å². The Bertz CT molecular complexity index is 463. The second-order valence-corrected chi connectivity index (χ2v) is 9.67. The topological polar surface area (TPSA) is 9.23 Å². The van der Waals surface area contributed by atoms with E-state index < -0.39 is 31.6 Å². The largest absolute Gasteiger partial charge is 0.418 e. The number of rotatable bonds is 7. The Hall–Kier alpha value is -0.883. The summed E-state index contributed by atoms with van der Waals surface area (Å²) in [6, 6.07) is 1.63. The third kappa shape index (κ3) is 4.59. The highest BCUT2D eigenvalue weighted by Crippen LogP contribution is 2.22. The monoisotopic (exact) mass is 308 g/mol. The average Bonchev–Trinajstić information content (AvgIpc) is 2.37. The van der Waals surface area contributed by atoms with Crippen molar-refractivity contribution in [3.63, 3.8) is 0 Å².